The average molecular weight is 162 g/mol. The van der Waals surface area contributed by atoms with Crippen molar-refractivity contribution in [3.8, 4) is 0 Å². The van der Waals surface area contributed by atoms with E-state index in [4.69, 9.17) is 0 Å². The van der Waals surface area contributed by atoms with Crippen LogP contribution in [0.4, 0.5) is 4.70 Å². The first-order chi connectivity index (χ1) is 0. The van der Waals surface area contributed by atoms with E-state index >= 15 is 0 Å². The molecule has 0 aromatic heterocycles. The van der Waals surface area contributed by atoms with Gasteiger partial charge in [-0.2, -0.15) is 0 Å². The Morgan fingerprint density at radius 2 is 1.00 bits per heavy atom. The van der Waals surface area contributed by atoms with Crippen LogP contribution >= 0.6 is 12.4 Å². The Kier molecular flexibility index (Phi) is 141. The molecule has 0 unspecified atom stereocenters. The number of hydrogen-bond donors (Lipinski definition) is 0. The zero-order chi connectivity index (χ0) is 0. The van der Waals surface area contributed by atoms with E-state index in [2.05, 4.69) is 0 Å². The van der Waals surface area contributed by atoms with E-state index in [1.54, 1.807) is 0 Å². The zero-order valence-electron chi connectivity index (χ0n) is 1.52. The van der Waals surface area contributed by atoms with Gasteiger partial charge in [0.1, 0.15) is 0 Å². The third-order valence-corrected chi connectivity index (χ3v) is 0. The molecule has 0 bridgehead atoms. The molecule has 0 saturated carbocycles. The Morgan fingerprint density at radius 3 is 1.00 bits per heavy atom. The molecule has 0 aliphatic heterocycles. The Morgan fingerprint density at radius 1 is 1.00 bits per heavy atom. The molecule has 0 aliphatic rings. The van der Waals surface area contributed by atoms with Crippen molar-refractivity contribution in [2.45, 2.75) is 0 Å². The van der Waals surface area contributed by atoms with Gasteiger partial charge in [0.15, 0.2) is 0 Å². The molecule has 0 nitrogen and oxygen atoms in total. The number of rotatable bonds is 0. The van der Waals surface area contributed by atoms with Gasteiger partial charge < -0.3 is 0 Å². The fourth-order valence-corrected chi connectivity index (χ4v) is 0. The van der Waals surface area contributed by atoms with Crippen LogP contribution in [-0.2, 0) is 19.5 Å². The van der Waals surface area contributed by atoms with Gasteiger partial charge in [-0.05, 0) is 0 Å². The Bertz CT molecular complexity index is 8.00. The van der Waals surface area contributed by atoms with Crippen LogP contribution in [0.2, 0.25) is 0 Å². The van der Waals surface area contributed by atoms with E-state index in [0.717, 1.165) is 0 Å². The van der Waals surface area contributed by atoms with Crippen LogP contribution in [0.15, 0.2) is 0 Å². The smallest absolute Gasteiger partial charge is 0 e. The van der Waals surface area contributed by atoms with Crippen LogP contribution < -0.4 is 0 Å². The predicted octanol–water partition coefficient (Wildman–Crippen LogP) is -0.0767. The van der Waals surface area contributed by atoms with Crippen molar-refractivity contribution in [1.29, 1.82) is 0 Å². The summed E-state index contributed by atoms with van der Waals surface area (Å²) in [5.74, 6) is 0. The van der Waals surface area contributed by atoms with Crippen molar-refractivity contribution < 1.29 is 24.2 Å². The predicted molar refractivity (Wildman–Crippen MR) is 16.9 cm³/mol. The Hall–Kier alpha value is 2.48. The minimum absolute atomic E-state index is 0. The molecule has 0 rings (SSSR count). The van der Waals surface area contributed by atoms with Gasteiger partial charge in [0, 0.05) is 19.5 Å². The van der Waals surface area contributed by atoms with Gasteiger partial charge in [-0.3, -0.25) is 4.70 Å². The molecule has 0 fully saturated rings. The summed E-state index contributed by atoms with van der Waals surface area (Å²) in [7, 11) is 0. The molecule has 0 heterocycles. The monoisotopic (exact) mass is 160 g/mol. The molecular weight excluding hydrogens is 159 g/mol. The van der Waals surface area contributed by atoms with Gasteiger partial charge in [-0.15, -0.1) is 12.4 Å². The first kappa shape index (κ1) is 31.6. The molecule has 0 radical (unpaired) electrons. The summed E-state index contributed by atoms with van der Waals surface area (Å²) in [4.78, 5) is 0. The Labute approximate surface area is 86.1 Å². The maximum atomic E-state index is 0. The molecule has 4 heteroatoms. The third kappa shape index (κ3) is 8.82. The molecule has 0 aromatic carbocycles. The van der Waals surface area contributed by atoms with E-state index in [1.807, 2.05) is 0 Å². The molecule has 20 valence electrons. The minimum Gasteiger partial charge on any atom is 0 e. The molecule has 0 aromatic rings. The van der Waals surface area contributed by atoms with Crippen LogP contribution in [0, 0.1) is 0 Å². The van der Waals surface area contributed by atoms with Crippen LogP contribution in [0.5, 0.6) is 0 Å². The van der Waals surface area contributed by atoms with Gasteiger partial charge in [0.2, 0.25) is 0 Å². The van der Waals surface area contributed by atoms with Crippen LogP contribution in [0.1, 0.15) is 0 Å². The van der Waals surface area contributed by atoms with Crippen LogP contribution in [-0.4, -0.2) is 51.4 Å². The molecule has 0 saturated heterocycles. The van der Waals surface area contributed by atoms with Crippen molar-refractivity contribution in [2.24, 2.45) is 0 Å². The Balaban J connectivity index is 0. The van der Waals surface area contributed by atoms with Crippen molar-refractivity contribution in [1.82, 2.24) is 0 Å². The molecule has 0 atom stereocenters. The molecule has 0 spiro atoms. The van der Waals surface area contributed by atoms with Crippen molar-refractivity contribution in [2.75, 3.05) is 0 Å². The van der Waals surface area contributed by atoms with Gasteiger partial charge in [0.25, 0.3) is 0 Å². The van der Waals surface area contributed by atoms with Gasteiger partial charge in [-0.25, -0.2) is 0 Å². The second-order valence-electron chi connectivity index (χ2n) is 0. The van der Waals surface area contributed by atoms with E-state index < -0.39 is 0 Å². The van der Waals surface area contributed by atoms with Crippen molar-refractivity contribution in [3.63, 3.8) is 0 Å². The summed E-state index contributed by atoms with van der Waals surface area (Å²) in [5.41, 5.74) is 0. The van der Waals surface area contributed by atoms with Gasteiger partial charge in [0.05, 0.1) is 0 Å². The molecule has 0 amide bonds. The number of halogens is 2. The minimum atomic E-state index is 0. The molecular formula is H3ClFKZn. The third-order valence-electron chi connectivity index (χ3n) is 0. The summed E-state index contributed by atoms with van der Waals surface area (Å²) >= 11 is 0. The SMILES string of the molecule is Cl.F.[KH].[Zn]. The summed E-state index contributed by atoms with van der Waals surface area (Å²) < 4.78 is 0. The largest absolute Gasteiger partial charge is 0 e. The molecule has 0 N–H and O–H groups in total. The second kappa shape index (κ2) is 17.9. The molecule has 0 aliphatic carbocycles. The van der Waals surface area contributed by atoms with Crippen LogP contribution in [0.3, 0.4) is 0 Å². The van der Waals surface area contributed by atoms with Gasteiger partial charge >= 0.3 is 51.4 Å². The van der Waals surface area contributed by atoms with Crippen LogP contribution in [0.25, 0.3) is 0 Å². The zero-order valence-corrected chi connectivity index (χ0v) is 5.31. The number of hydrogen-bond acceptors (Lipinski definition) is 0. The van der Waals surface area contributed by atoms with Crippen molar-refractivity contribution >= 4 is 63.8 Å². The van der Waals surface area contributed by atoms with Crippen molar-refractivity contribution in [3.05, 3.63) is 0 Å². The normalized spacial score (nSPS) is 0. The standard InChI is InChI=1S/ClH.FH.K.Zn.H/h2*1H;;;. The van der Waals surface area contributed by atoms with E-state index in [9.17, 15) is 0 Å². The summed E-state index contributed by atoms with van der Waals surface area (Å²) in [6.07, 6.45) is 0. The fraction of sp³-hybridized carbons (Fsp3) is 0. The maximum Gasteiger partial charge on any atom is 0 e. The van der Waals surface area contributed by atoms with Gasteiger partial charge in [-0.1, -0.05) is 0 Å². The van der Waals surface area contributed by atoms with E-state index in [1.165, 1.54) is 0 Å². The summed E-state index contributed by atoms with van der Waals surface area (Å²) in [5, 5.41) is 0. The average Bonchev–Trinajstić information content (AvgIpc) is 0. The van der Waals surface area contributed by atoms with E-state index in [0.29, 0.717) is 0 Å². The molecule has 4 heavy (non-hydrogen) atoms. The first-order valence-corrected chi connectivity index (χ1v) is 0. The second-order valence-corrected chi connectivity index (χ2v) is 0. The van der Waals surface area contributed by atoms with E-state index in [-0.39, 0.29) is 88.0 Å². The summed E-state index contributed by atoms with van der Waals surface area (Å²) in [6, 6.07) is 0. The first-order valence-electron chi connectivity index (χ1n) is 0. The maximum absolute atomic E-state index is 0. The summed E-state index contributed by atoms with van der Waals surface area (Å²) in [6.45, 7) is 0. The fourth-order valence-electron chi connectivity index (χ4n) is 0. The quantitative estimate of drug-likeness (QED) is 0.437. The topological polar surface area (TPSA) is 0 Å².